The van der Waals surface area contributed by atoms with Crippen LogP contribution in [0.15, 0.2) is 231 Å². The molecule has 2 aromatic heterocycles. The topological polar surface area (TPSA) is 17.8 Å². The highest BCUT2D eigenvalue weighted by molar-refractivity contribution is 6.29. The Morgan fingerprint density at radius 1 is 0.262 bits per heavy atom. The number of benzene rings is 10. The summed E-state index contributed by atoms with van der Waals surface area (Å²) < 4.78 is 2.40. The number of nitrogens with zero attached hydrogens (tertiary/aromatic N) is 2. The molecule has 0 aliphatic heterocycles. The molecule has 0 bridgehead atoms. The molecule has 2 nitrogen and oxygen atoms in total. The number of para-hydroxylation sites is 1. The molecule has 0 N–H and O–H groups in total. The summed E-state index contributed by atoms with van der Waals surface area (Å²) in [5, 5.41) is 9.94. The molecule has 0 fully saturated rings. The fourth-order valence-corrected chi connectivity index (χ4v) is 9.49. The molecule has 61 heavy (non-hydrogen) atoms. The quantitative estimate of drug-likeness (QED) is 0.154. The van der Waals surface area contributed by atoms with E-state index >= 15 is 0 Å². The molecule has 0 spiro atoms. The van der Waals surface area contributed by atoms with Crippen LogP contribution in [0.4, 0.5) is 0 Å². The first-order chi connectivity index (χ1) is 30.2. The average molecular weight is 775 g/mol. The Hall–Kier alpha value is -8.07. The van der Waals surface area contributed by atoms with Crippen molar-refractivity contribution in [2.45, 2.75) is 0 Å². The monoisotopic (exact) mass is 774 g/mol. The van der Waals surface area contributed by atoms with Crippen molar-refractivity contribution >= 4 is 54.1 Å². The van der Waals surface area contributed by atoms with Gasteiger partial charge in [-0.3, -0.25) is 0 Å². The summed E-state index contributed by atoms with van der Waals surface area (Å²) in [6.07, 6.45) is 0. The van der Waals surface area contributed by atoms with Crippen molar-refractivity contribution in [3.05, 3.63) is 231 Å². The van der Waals surface area contributed by atoms with E-state index in [1.165, 1.54) is 81.9 Å². The van der Waals surface area contributed by atoms with Gasteiger partial charge in [-0.1, -0.05) is 182 Å². The summed E-state index contributed by atoms with van der Waals surface area (Å²) in [7, 11) is 0. The molecular weight excluding hydrogens is 737 g/mol. The minimum atomic E-state index is 0.955. The molecule has 2 heterocycles. The lowest BCUT2D eigenvalue weighted by Crippen LogP contribution is -1.94. The van der Waals surface area contributed by atoms with Crippen LogP contribution in [0.1, 0.15) is 0 Å². The van der Waals surface area contributed by atoms with Crippen molar-refractivity contribution in [2.75, 3.05) is 0 Å². The number of aromatic nitrogens is 2. The largest absolute Gasteiger partial charge is 0.309 e. The third-order valence-electron chi connectivity index (χ3n) is 12.4. The third kappa shape index (κ3) is 5.92. The van der Waals surface area contributed by atoms with Crippen LogP contribution in [0.5, 0.6) is 0 Å². The summed E-state index contributed by atoms with van der Waals surface area (Å²) in [6.45, 7) is 0. The molecule has 284 valence electrons. The lowest BCUT2D eigenvalue weighted by molar-refractivity contribution is 1.18. The maximum Gasteiger partial charge on any atom is 0.0715 e. The molecule has 0 aliphatic rings. The van der Waals surface area contributed by atoms with Crippen LogP contribution in [-0.4, -0.2) is 9.55 Å². The van der Waals surface area contributed by atoms with Gasteiger partial charge < -0.3 is 4.57 Å². The molecule has 0 amide bonds. The van der Waals surface area contributed by atoms with E-state index in [-0.39, 0.29) is 0 Å². The summed E-state index contributed by atoms with van der Waals surface area (Å²) in [4.78, 5) is 5.31. The second-order valence-corrected chi connectivity index (χ2v) is 15.9. The van der Waals surface area contributed by atoms with Crippen LogP contribution in [0.2, 0.25) is 0 Å². The van der Waals surface area contributed by atoms with Gasteiger partial charge in [0.15, 0.2) is 0 Å². The van der Waals surface area contributed by atoms with Crippen molar-refractivity contribution in [1.29, 1.82) is 0 Å². The van der Waals surface area contributed by atoms with Crippen LogP contribution in [0.25, 0.3) is 116 Å². The lowest BCUT2D eigenvalue weighted by atomic mass is 9.88. The zero-order valence-corrected chi connectivity index (χ0v) is 33.3. The Morgan fingerprint density at radius 3 is 1.48 bits per heavy atom. The van der Waals surface area contributed by atoms with Gasteiger partial charge in [-0.2, -0.15) is 0 Å². The van der Waals surface area contributed by atoms with Crippen molar-refractivity contribution in [3.63, 3.8) is 0 Å². The number of fused-ring (bicyclic) bond motifs is 9. The zero-order valence-electron chi connectivity index (χ0n) is 33.3. The number of hydrogen-bond acceptors (Lipinski definition) is 1. The SMILES string of the molecule is c1ccc(-c2ccc(-n3c4ccccc4c4cc(-c5cccc6c7ccccc7c7cc(-c8cc(-c9ccccc9)cc(-c9ccccc9)n8)ccc7c56)ccc43)cc2)cc1. The third-order valence-corrected chi connectivity index (χ3v) is 12.4. The fraction of sp³-hybridized carbons (Fsp3) is 0. The smallest absolute Gasteiger partial charge is 0.0715 e. The highest BCUT2D eigenvalue weighted by Crippen LogP contribution is 2.43. The van der Waals surface area contributed by atoms with Gasteiger partial charge in [-0.05, 0) is 114 Å². The Bertz CT molecular complexity index is 3550. The molecule has 0 unspecified atom stereocenters. The van der Waals surface area contributed by atoms with Crippen molar-refractivity contribution in [2.24, 2.45) is 0 Å². The van der Waals surface area contributed by atoms with E-state index in [0.717, 1.165) is 33.8 Å². The maximum atomic E-state index is 5.31. The Labute approximate surface area is 354 Å². The van der Waals surface area contributed by atoms with Crippen LogP contribution in [0.3, 0.4) is 0 Å². The van der Waals surface area contributed by atoms with Crippen LogP contribution >= 0.6 is 0 Å². The van der Waals surface area contributed by atoms with Gasteiger partial charge in [0.1, 0.15) is 0 Å². The molecule has 0 aliphatic carbocycles. The fourth-order valence-electron chi connectivity index (χ4n) is 9.49. The van der Waals surface area contributed by atoms with E-state index in [2.05, 4.69) is 235 Å². The predicted molar refractivity (Wildman–Crippen MR) is 258 cm³/mol. The highest BCUT2D eigenvalue weighted by atomic mass is 15.0. The van der Waals surface area contributed by atoms with Gasteiger partial charge in [0, 0.05) is 27.6 Å². The highest BCUT2D eigenvalue weighted by Gasteiger charge is 2.18. The summed E-state index contributed by atoms with van der Waals surface area (Å²) in [5.41, 5.74) is 14.8. The van der Waals surface area contributed by atoms with Gasteiger partial charge in [-0.25, -0.2) is 4.98 Å². The van der Waals surface area contributed by atoms with Gasteiger partial charge in [0.25, 0.3) is 0 Å². The number of rotatable bonds is 6. The first kappa shape index (κ1) is 34.9. The average Bonchev–Trinajstić information content (AvgIpc) is 3.68. The Kier molecular flexibility index (Phi) is 8.21. The minimum absolute atomic E-state index is 0.955. The number of hydrogen-bond donors (Lipinski definition) is 0. The summed E-state index contributed by atoms with van der Waals surface area (Å²) >= 11 is 0. The Morgan fingerprint density at radius 2 is 0.754 bits per heavy atom. The summed E-state index contributed by atoms with van der Waals surface area (Å²) in [5.74, 6) is 0. The van der Waals surface area contributed by atoms with Gasteiger partial charge in [0.2, 0.25) is 0 Å². The van der Waals surface area contributed by atoms with E-state index in [1.54, 1.807) is 0 Å². The summed E-state index contributed by atoms with van der Waals surface area (Å²) in [6, 6.07) is 83.5. The predicted octanol–water partition coefficient (Wildman–Crippen LogP) is 16.0. The van der Waals surface area contributed by atoms with Gasteiger partial charge in [0.05, 0.1) is 22.4 Å². The van der Waals surface area contributed by atoms with Crippen molar-refractivity contribution in [3.8, 4) is 61.6 Å². The van der Waals surface area contributed by atoms with Crippen molar-refractivity contribution in [1.82, 2.24) is 9.55 Å². The molecule has 0 radical (unpaired) electrons. The zero-order chi connectivity index (χ0) is 40.3. The van der Waals surface area contributed by atoms with Crippen molar-refractivity contribution < 1.29 is 0 Å². The molecule has 10 aromatic carbocycles. The normalized spacial score (nSPS) is 11.6. The minimum Gasteiger partial charge on any atom is -0.309 e. The van der Waals surface area contributed by atoms with E-state index < -0.39 is 0 Å². The second-order valence-electron chi connectivity index (χ2n) is 15.9. The molecule has 0 saturated heterocycles. The first-order valence-corrected chi connectivity index (χ1v) is 21.0. The molecule has 2 heteroatoms. The molecule has 12 rings (SSSR count). The molecule has 0 atom stereocenters. The van der Waals surface area contributed by atoms with E-state index in [4.69, 9.17) is 4.98 Å². The lowest BCUT2D eigenvalue weighted by Gasteiger charge is -2.16. The van der Waals surface area contributed by atoms with E-state index in [0.29, 0.717) is 0 Å². The van der Waals surface area contributed by atoms with Gasteiger partial charge in [-0.15, -0.1) is 0 Å². The van der Waals surface area contributed by atoms with Crippen LogP contribution in [0, 0.1) is 0 Å². The van der Waals surface area contributed by atoms with E-state index in [1.807, 2.05) is 0 Å². The standard InChI is InChI=1S/C59H38N2/c1-4-15-39(16-5-1)41-27-31-46(32-28-41)61-57-26-13-12-23-50(57)54-35-43(30-34-58(54)61)47-24-14-25-51-48-21-10-11-22-49(48)53-36-44(29-33-52(53)59(47)51)56-38-45(40-17-6-2-7-18-40)37-55(60-56)42-19-8-3-9-20-42/h1-38H. The number of pyridine rings is 1. The molecular formula is C59H38N2. The first-order valence-electron chi connectivity index (χ1n) is 21.0. The maximum absolute atomic E-state index is 5.31. The second kappa shape index (κ2) is 14.3. The molecule has 0 saturated carbocycles. The molecule has 12 aromatic rings. The van der Waals surface area contributed by atoms with E-state index in [9.17, 15) is 0 Å². The van der Waals surface area contributed by atoms with Crippen LogP contribution in [-0.2, 0) is 0 Å². The van der Waals surface area contributed by atoms with Crippen LogP contribution < -0.4 is 0 Å². The Balaban J connectivity index is 1.04. The van der Waals surface area contributed by atoms with Gasteiger partial charge >= 0.3 is 0 Å².